The molecule has 0 aliphatic heterocycles. The van der Waals surface area contributed by atoms with Gasteiger partial charge in [-0.1, -0.05) is 17.7 Å². The first-order valence-corrected chi connectivity index (χ1v) is 4.91. The van der Waals surface area contributed by atoms with E-state index in [1.807, 2.05) is 13.0 Å². The second-order valence-corrected chi connectivity index (χ2v) is 3.73. The Morgan fingerprint density at radius 1 is 1.50 bits per heavy atom. The molecule has 0 bridgehead atoms. The molecule has 1 aromatic carbocycles. The number of benzene rings is 1. The molecule has 0 radical (unpaired) electrons. The van der Waals surface area contributed by atoms with E-state index in [4.69, 9.17) is 21.1 Å². The molecule has 5 heteroatoms. The fourth-order valence-electron chi connectivity index (χ4n) is 1.32. The quantitative estimate of drug-likeness (QED) is 0.872. The van der Waals surface area contributed by atoms with Crippen LogP contribution in [0.15, 0.2) is 28.8 Å². The molecule has 1 N–H and O–H groups in total. The summed E-state index contributed by atoms with van der Waals surface area (Å²) in [6.45, 7) is 1.87. The summed E-state index contributed by atoms with van der Waals surface area (Å²) in [6.07, 6.45) is 1.18. The minimum absolute atomic E-state index is 0.186. The standard InChI is InChI=1S/C11H8ClNO3/c1-6-2-3-7(12)4-8(6)10-13-5-9(16-10)11(14)15/h2-5H,1H3,(H,14,15). The minimum Gasteiger partial charge on any atom is -0.475 e. The summed E-state index contributed by atoms with van der Waals surface area (Å²) >= 11 is 5.85. The van der Waals surface area contributed by atoms with Crippen molar-refractivity contribution in [1.82, 2.24) is 4.98 Å². The van der Waals surface area contributed by atoms with Crippen LogP contribution in [0.5, 0.6) is 0 Å². The Morgan fingerprint density at radius 2 is 2.25 bits per heavy atom. The fourth-order valence-corrected chi connectivity index (χ4v) is 1.49. The van der Waals surface area contributed by atoms with Crippen LogP contribution in [0.25, 0.3) is 11.5 Å². The molecule has 4 nitrogen and oxygen atoms in total. The number of nitrogens with zero attached hydrogens (tertiary/aromatic N) is 1. The summed E-state index contributed by atoms with van der Waals surface area (Å²) in [5, 5.41) is 9.26. The summed E-state index contributed by atoms with van der Waals surface area (Å²) in [5.41, 5.74) is 1.61. The lowest BCUT2D eigenvalue weighted by Gasteiger charge is -2.01. The number of carboxylic acid groups (broad SMARTS) is 1. The normalized spacial score (nSPS) is 10.4. The Morgan fingerprint density at radius 3 is 2.88 bits per heavy atom. The molecular weight excluding hydrogens is 230 g/mol. The molecule has 0 amide bonds. The van der Waals surface area contributed by atoms with Crippen LogP contribution in [0.2, 0.25) is 5.02 Å². The maximum absolute atomic E-state index is 10.6. The van der Waals surface area contributed by atoms with Crippen molar-refractivity contribution < 1.29 is 14.3 Å². The van der Waals surface area contributed by atoms with Crippen molar-refractivity contribution in [2.75, 3.05) is 0 Å². The Labute approximate surface area is 96.5 Å². The Kier molecular flexibility index (Phi) is 2.66. The molecule has 1 aromatic heterocycles. The molecule has 16 heavy (non-hydrogen) atoms. The molecule has 1 heterocycles. The van der Waals surface area contributed by atoms with Crippen LogP contribution in [0.1, 0.15) is 16.1 Å². The van der Waals surface area contributed by atoms with Gasteiger partial charge in [-0.15, -0.1) is 0 Å². The number of aromatic carboxylic acids is 1. The van der Waals surface area contributed by atoms with Crippen LogP contribution in [0, 0.1) is 6.92 Å². The summed E-state index contributed by atoms with van der Waals surface area (Å²) in [6, 6.07) is 5.26. The fraction of sp³-hybridized carbons (Fsp3) is 0.0909. The van der Waals surface area contributed by atoms with Crippen molar-refractivity contribution >= 4 is 17.6 Å². The SMILES string of the molecule is Cc1ccc(Cl)cc1-c1ncc(C(=O)O)o1. The van der Waals surface area contributed by atoms with Gasteiger partial charge in [0.2, 0.25) is 11.7 Å². The highest BCUT2D eigenvalue weighted by molar-refractivity contribution is 6.30. The van der Waals surface area contributed by atoms with Crippen molar-refractivity contribution in [1.29, 1.82) is 0 Å². The summed E-state index contributed by atoms with van der Waals surface area (Å²) < 4.78 is 5.10. The van der Waals surface area contributed by atoms with E-state index in [0.717, 1.165) is 5.56 Å². The van der Waals surface area contributed by atoms with Crippen LogP contribution >= 0.6 is 11.6 Å². The largest absolute Gasteiger partial charge is 0.475 e. The van der Waals surface area contributed by atoms with E-state index in [1.54, 1.807) is 12.1 Å². The van der Waals surface area contributed by atoms with Crippen molar-refractivity contribution in [2.45, 2.75) is 6.92 Å². The first-order valence-electron chi connectivity index (χ1n) is 4.53. The number of halogens is 1. The molecule has 82 valence electrons. The van der Waals surface area contributed by atoms with E-state index < -0.39 is 5.97 Å². The number of carbonyl (C=O) groups is 1. The first kappa shape index (κ1) is 10.7. The molecule has 2 aromatic rings. The molecule has 0 unspecified atom stereocenters. The highest BCUT2D eigenvalue weighted by Crippen LogP contribution is 2.26. The zero-order chi connectivity index (χ0) is 11.7. The van der Waals surface area contributed by atoms with Gasteiger partial charge in [-0.2, -0.15) is 0 Å². The van der Waals surface area contributed by atoms with Crippen molar-refractivity contribution in [3.63, 3.8) is 0 Å². The minimum atomic E-state index is -1.14. The number of carboxylic acids is 1. The lowest BCUT2D eigenvalue weighted by Crippen LogP contribution is -1.91. The molecule has 0 aliphatic carbocycles. The van der Waals surface area contributed by atoms with Gasteiger partial charge >= 0.3 is 5.97 Å². The van der Waals surface area contributed by atoms with Crippen molar-refractivity contribution in [2.24, 2.45) is 0 Å². The van der Waals surface area contributed by atoms with Crippen molar-refractivity contribution in [3.05, 3.63) is 40.7 Å². The van der Waals surface area contributed by atoms with Gasteiger partial charge < -0.3 is 9.52 Å². The van der Waals surface area contributed by atoms with E-state index in [-0.39, 0.29) is 11.7 Å². The lowest BCUT2D eigenvalue weighted by molar-refractivity contribution is 0.0663. The van der Waals surface area contributed by atoms with Gasteiger partial charge in [0, 0.05) is 10.6 Å². The highest BCUT2D eigenvalue weighted by Gasteiger charge is 2.13. The zero-order valence-corrected chi connectivity index (χ0v) is 9.15. The second kappa shape index (κ2) is 3.98. The monoisotopic (exact) mass is 237 g/mol. The number of aryl methyl sites for hydroxylation is 1. The molecule has 0 saturated carbocycles. The maximum atomic E-state index is 10.6. The Bertz CT molecular complexity index is 548. The Balaban J connectivity index is 2.50. The van der Waals surface area contributed by atoms with E-state index in [1.165, 1.54) is 6.20 Å². The molecule has 0 saturated heterocycles. The van der Waals surface area contributed by atoms with E-state index in [0.29, 0.717) is 10.6 Å². The number of aromatic nitrogens is 1. The van der Waals surface area contributed by atoms with Crippen molar-refractivity contribution in [3.8, 4) is 11.5 Å². The van der Waals surface area contributed by atoms with Crippen LogP contribution < -0.4 is 0 Å². The summed E-state index contributed by atoms with van der Waals surface area (Å²) in [7, 11) is 0. The topological polar surface area (TPSA) is 63.3 Å². The highest BCUT2D eigenvalue weighted by atomic mass is 35.5. The average molecular weight is 238 g/mol. The number of rotatable bonds is 2. The lowest BCUT2D eigenvalue weighted by atomic mass is 10.1. The molecule has 0 spiro atoms. The second-order valence-electron chi connectivity index (χ2n) is 3.29. The summed E-state index contributed by atoms with van der Waals surface area (Å²) in [4.78, 5) is 14.5. The van der Waals surface area contributed by atoms with E-state index in [9.17, 15) is 4.79 Å². The zero-order valence-electron chi connectivity index (χ0n) is 8.40. The Hall–Kier alpha value is -1.81. The van der Waals surface area contributed by atoms with Crippen LogP contribution in [-0.4, -0.2) is 16.1 Å². The molecule has 2 rings (SSSR count). The smallest absolute Gasteiger partial charge is 0.373 e. The third kappa shape index (κ3) is 1.92. The molecule has 0 atom stereocenters. The van der Waals surface area contributed by atoms with E-state index >= 15 is 0 Å². The molecule has 0 fully saturated rings. The maximum Gasteiger partial charge on any atom is 0.373 e. The van der Waals surface area contributed by atoms with Crippen LogP contribution in [-0.2, 0) is 0 Å². The van der Waals surface area contributed by atoms with Gasteiger partial charge in [-0.3, -0.25) is 0 Å². The number of hydrogen-bond donors (Lipinski definition) is 1. The van der Waals surface area contributed by atoms with Gasteiger partial charge in [0.1, 0.15) is 0 Å². The van der Waals surface area contributed by atoms with E-state index in [2.05, 4.69) is 4.98 Å². The van der Waals surface area contributed by atoms with Crippen LogP contribution in [0.4, 0.5) is 0 Å². The molecular formula is C11H8ClNO3. The van der Waals surface area contributed by atoms with Gasteiger partial charge in [0.25, 0.3) is 0 Å². The molecule has 0 aliphatic rings. The first-order chi connectivity index (χ1) is 7.58. The predicted molar refractivity (Wildman–Crippen MR) is 58.6 cm³/mol. The third-order valence-electron chi connectivity index (χ3n) is 2.15. The number of oxazole rings is 1. The third-order valence-corrected chi connectivity index (χ3v) is 2.38. The van der Waals surface area contributed by atoms with Gasteiger partial charge in [-0.25, -0.2) is 9.78 Å². The summed E-state index contributed by atoms with van der Waals surface area (Å²) in [5.74, 6) is -1.06. The number of hydrogen-bond acceptors (Lipinski definition) is 3. The van der Waals surface area contributed by atoms with Gasteiger partial charge in [-0.05, 0) is 24.6 Å². The van der Waals surface area contributed by atoms with Gasteiger partial charge in [0.15, 0.2) is 0 Å². The average Bonchev–Trinajstić information content (AvgIpc) is 2.70. The predicted octanol–water partition coefficient (Wildman–Crippen LogP) is 3.00. The van der Waals surface area contributed by atoms with Crippen LogP contribution in [0.3, 0.4) is 0 Å². The van der Waals surface area contributed by atoms with Gasteiger partial charge in [0.05, 0.1) is 6.20 Å².